The van der Waals surface area contributed by atoms with E-state index in [-0.39, 0.29) is 0 Å². The molecule has 0 unspecified atom stereocenters. The third kappa shape index (κ3) is 5.53. The number of rotatable bonds is 8. The highest BCUT2D eigenvalue weighted by molar-refractivity contribution is 6.30. The zero-order valence-electron chi connectivity index (χ0n) is 13.2. The average Bonchev–Trinajstić information content (AvgIpc) is 2.47. The van der Waals surface area contributed by atoms with E-state index in [0.29, 0.717) is 5.95 Å². The van der Waals surface area contributed by atoms with Crippen molar-refractivity contribution in [3.63, 3.8) is 0 Å². The minimum atomic E-state index is 0.693. The van der Waals surface area contributed by atoms with E-state index < -0.39 is 0 Å². The van der Waals surface area contributed by atoms with E-state index in [9.17, 15) is 0 Å². The molecule has 2 N–H and O–H groups in total. The zero-order chi connectivity index (χ0) is 15.8. The van der Waals surface area contributed by atoms with Gasteiger partial charge in [-0.25, -0.2) is 4.98 Å². The van der Waals surface area contributed by atoms with Crippen LogP contribution in [0, 0.1) is 6.92 Å². The van der Waals surface area contributed by atoms with Crippen molar-refractivity contribution in [3.05, 3.63) is 46.6 Å². The van der Waals surface area contributed by atoms with Crippen molar-refractivity contribution in [2.45, 2.75) is 33.1 Å². The van der Waals surface area contributed by atoms with Crippen molar-refractivity contribution < 1.29 is 0 Å². The van der Waals surface area contributed by atoms with Crippen molar-refractivity contribution in [2.75, 3.05) is 23.7 Å². The summed E-state index contributed by atoms with van der Waals surface area (Å²) in [6.07, 6.45) is 3.18. The summed E-state index contributed by atoms with van der Waals surface area (Å²) in [5, 5.41) is 7.39. The molecule has 0 aliphatic heterocycles. The number of nitrogens with zero attached hydrogens (tertiary/aromatic N) is 2. The van der Waals surface area contributed by atoms with Crippen molar-refractivity contribution in [1.82, 2.24) is 9.97 Å². The maximum atomic E-state index is 5.99. The van der Waals surface area contributed by atoms with Gasteiger partial charge < -0.3 is 10.6 Å². The SMILES string of the molecule is CCCCNc1nc(C)cc(NCCc2cccc(Cl)c2)n1. The van der Waals surface area contributed by atoms with Gasteiger partial charge in [0.2, 0.25) is 5.95 Å². The lowest BCUT2D eigenvalue weighted by molar-refractivity contribution is 0.825. The molecule has 5 heteroatoms. The van der Waals surface area contributed by atoms with E-state index in [1.807, 2.05) is 31.2 Å². The highest BCUT2D eigenvalue weighted by Gasteiger charge is 2.02. The predicted octanol–water partition coefficient (Wildman–Crippen LogP) is 4.31. The average molecular weight is 319 g/mol. The lowest BCUT2D eigenvalue weighted by atomic mass is 10.1. The van der Waals surface area contributed by atoms with Gasteiger partial charge in [0.05, 0.1) is 0 Å². The second-order valence-electron chi connectivity index (χ2n) is 5.31. The Balaban J connectivity index is 1.89. The predicted molar refractivity (Wildman–Crippen MR) is 93.8 cm³/mol. The van der Waals surface area contributed by atoms with Crippen LogP contribution in [0.2, 0.25) is 5.02 Å². The maximum absolute atomic E-state index is 5.99. The summed E-state index contributed by atoms with van der Waals surface area (Å²) in [5.41, 5.74) is 2.17. The van der Waals surface area contributed by atoms with Crippen LogP contribution in [0.25, 0.3) is 0 Å². The lowest BCUT2D eigenvalue weighted by Gasteiger charge is -2.10. The maximum Gasteiger partial charge on any atom is 0.224 e. The number of hydrogen-bond donors (Lipinski definition) is 2. The van der Waals surface area contributed by atoms with Gasteiger partial charge in [-0.3, -0.25) is 0 Å². The Morgan fingerprint density at radius 3 is 2.73 bits per heavy atom. The standard InChI is InChI=1S/C17H23ClN4/c1-3-4-9-20-17-21-13(2)11-16(22-17)19-10-8-14-6-5-7-15(18)12-14/h5-7,11-12H,3-4,8-10H2,1-2H3,(H2,19,20,21,22). The molecule has 118 valence electrons. The van der Waals surface area contributed by atoms with Crippen LogP contribution in [0.15, 0.2) is 30.3 Å². The summed E-state index contributed by atoms with van der Waals surface area (Å²) in [4.78, 5) is 8.90. The number of unbranched alkanes of at least 4 members (excludes halogenated alkanes) is 1. The van der Waals surface area contributed by atoms with Crippen molar-refractivity contribution in [1.29, 1.82) is 0 Å². The number of benzene rings is 1. The van der Waals surface area contributed by atoms with Crippen LogP contribution in [-0.4, -0.2) is 23.1 Å². The Kier molecular flexibility index (Phi) is 6.46. The van der Waals surface area contributed by atoms with Gasteiger partial charge in [-0.2, -0.15) is 4.98 Å². The van der Waals surface area contributed by atoms with Crippen LogP contribution in [0.5, 0.6) is 0 Å². The summed E-state index contributed by atoms with van der Waals surface area (Å²) in [7, 11) is 0. The topological polar surface area (TPSA) is 49.8 Å². The molecule has 0 saturated heterocycles. The van der Waals surface area contributed by atoms with Crippen molar-refractivity contribution in [3.8, 4) is 0 Å². The highest BCUT2D eigenvalue weighted by Crippen LogP contribution is 2.13. The smallest absolute Gasteiger partial charge is 0.224 e. The minimum absolute atomic E-state index is 0.693. The van der Waals surface area contributed by atoms with Crippen molar-refractivity contribution in [2.24, 2.45) is 0 Å². The van der Waals surface area contributed by atoms with Crippen LogP contribution >= 0.6 is 11.6 Å². The third-order valence-corrected chi connectivity index (χ3v) is 3.51. The number of nitrogens with one attached hydrogen (secondary N) is 2. The summed E-state index contributed by atoms with van der Waals surface area (Å²) in [5.74, 6) is 1.55. The van der Waals surface area contributed by atoms with E-state index >= 15 is 0 Å². The first-order valence-corrected chi connectivity index (χ1v) is 8.13. The van der Waals surface area contributed by atoms with E-state index in [4.69, 9.17) is 11.6 Å². The molecule has 0 amide bonds. The first kappa shape index (κ1) is 16.6. The molecular formula is C17H23ClN4. The fourth-order valence-corrected chi connectivity index (χ4v) is 2.36. The molecule has 1 aromatic heterocycles. The molecule has 0 bridgehead atoms. The monoisotopic (exact) mass is 318 g/mol. The minimum Gasteiger partial charge on any atom is -0.370 e. The first-order valence-electron chi connectivity index (χ1n) is 7.75. The van der Waals surface area contributed by atoms with Crippen LogP contribution in [0.4, 0.5) is 11.8 Å². The van der Waals surface area contributed by atoms with E-state index in [0.717, 1.165) is 48.9 Å². The Labute approximate surface area is 137 Å². The molecule has 2 rings (SSSR count). The van der Waals surface area contributed by atoms with Crippen LogP contribution in [-0.2, 0) is 6.42 Å². The fourth-order valence-electron chi connectivity index (χ4n) is 2.14. The Morgan fingerprint density at radius 2 is 1.95 bits per heavy atom. The molecule has 1 heterocycles. The Hall–Kier alpha value is -1.81. The van der Waals surface area contributed by atoms with Gasteiger partial charge in [-0.15, -0.1) is 0 Å². The van der Waals surface area contributed by atoms with Gasteiger partial charge in [0.15, 0.2) is 0 Å². The molecule has 0 saturated carbocycles. The largest absolute Gasteiger partial charge is 0.370 e. The summed E-state index contributed by atoms with van der Waals surface area (Å²) < 4.78 is 0. The lowest BCUT2D eigenvalue weighted by Crippen LogP contribution is -2.10. The van der Waals surface area contributed by atoms with E-state index in [1.165, 1.54) is 5.56 Å². The fraction of sp³-hybridized carbons (Fsp3) is 0.412. The van der Waals surface area contributed by atoms with Crippen LogP contribution in [0.1, 0.15) is 31.0 Å². The van der Waals surface area contributed by atoms with Crippen LogP contribution in [0.3, 0.4) is 0 Å². The van der Waals surface area contributed by atoms with Gasteiger partial charge in [-0.05, 0) is 37.5 Å². The normalized spacial score (nSPS) is 10.5. The molecule has 4 nitrogen and oxygen atoms in total. The highest BCUT2D eigenvalue weighted by atomic mass is 35.5. The molecule has 0 spiro atoms. The van der Waals surface area contributed by atoms with E-state index in [1.54, 1.807) is 0 Å². The summed E-state index contributed by atoms with van der Waals surface area (Å²) in [6, 6.07) is 9.90. The zero-order valence-corrected chi connectivity index (χ0v) is 14.0. The van der Waals surface area contributed by atoms with E-state index in [2.05, 4.69) is 33.6 Å². The number of halogens is 1. The molecule has 0 atom stereocenters. The number of aromatic nitrogens is 2. The summed E-state index contributed by atoms with van der Waals surface area (Å²) >= 11 is 5.99. The second kappa shape index (κ2) is 8.59. The molecule has 0 aliphatic rings. The number of anilines is 2. The van der Waals surface area contributed by atoms with Crippen LogP contribution < -0.4 is 10.6 Å². The molecule has 22 heavy (non-hydrogen) atoms. The van der Waals surface area contributed by atoms with Gasteiger partial charge in [0, 0.05) is 29.9 Å². The third-order valence-electron chi connectivity index (χ3n) is 3.28. The molecule has 0 aliphatic carbocycles. The molecule has 2 aromatic rings. The number of aryl methyl sites for hydroxylation is 1. The molecule has 0 radical (unpaired) electrons. The van der Waals surface area contributed by atoms with Gasteiger partial charge in [0.25, 0.3) is 0 Å². The Bertz CT molecular complexity index is 601. The summed E-state index contributed by atoms with van der Waals surface area (Å²) in [6.45, 7) is 5.86. The molecule has 0 fully saturated rings. The van der Waals surface area contributed by atoms with Gasteiger partial charge >= 0.3 is 0 Å². The molecule has 1 aromatic carbocycles. The van der Waals surface area contributed by atoms with Gasteiger partial charge in [0.1, 0.15) is 5.82 Å². The number of hydrogen-bond acceptors (Lipinski definition) is 4. The molecular weight excluding hydrogens is 296 g/mol. The van der Waals surface area contributed by atoms with Crippen molar-refractivity contribution >= 4 is 23.4 Å². The quantitative estimate of drug-likeness (QED) is 0.712. The first-order chi connectivity index (χ1) is 10.7. The second-order valence-corrected chi connectivity index (χ2v) is 5.74. The Morgan fingerprint density at radius 1 is 1.09 bits per heavy atom. The van der Waals surface area contributed by atoms with Gasteiger partial charge in [-0.1, -0.05) is 37.1 Å².